The fourth-order valence-electron chi connectivity index (χ4n) is 2.18. The van der Waals surface area contributed by atoms with Crippen molar-refractivity contribution in [2.75, 3.05) is 5.32 Å². The number of amides is 1. The van der Waals surface area contributed by atoms with Crippen LogP contribution >= 0.6 is 11.3 Å². The molecule has 3 aromatic rings. The van der Waals surface area contributed by atoms with Gasteiger partial charge in [-0.2, -0.15) is 0 Å². The molecule has 0 aliphatic rings. The minimum atomic E-state index is -0.214. The summed E-state index contributed by atoms with van der Waals surface area (Å²) in [5.41, 5.74) is 3.10. The predicted molar refractivity (Wildman–Crippen MR) is 91.7 cm³/mol. The second-order valence-electron chi connectivity index (χ2n) is 5.00. The quantitative estimate of drug-likeness (QED) is 0.794. The Hall–Kier alpha value is -2.60. The van der Waals surface area contributed by atoms with E-state index >= 15 is 0 Å². The van der Waals surface area contributed by atoms with Gasteiger partial charge in [0.15, 0.2) is 0 Å². The summed E-state index contributed by atoms with van der Waals surface area (Å²) in [5, 5.41) is 12.1. The average molecular weight is 324 g/mol. The van der Waals surface area contributed by atoms with Crippen molar-refractivity contribution in [1.29, 1.82) is 0 Å². The SMILES string of the molecule is CCc1nnc(NC(=O)c2ccc(-c3ccccc3)nc2C)s1. The molecule has 1 amide bonds. The molecule has 0 aliphatic heterocycles. The summed E-state index contributed by atoms with van der Waals surface area (Å²) < 4.78 is 0. The molecule has 0 unspecified atom stereocenters. The number of anilines is 1. The smallest absolute Gasteiger partial charge is 0.259 e. The summed E-state index contributed by atoms with van der Waals surface area (Å²) >= 11 is 1.39. The summed E-state index contributed by atoms with van der Waals surface area (Å²) in [6.45, 7) is 3.83. The van der Waals surface area contributed by atoms with Crippen molar-refractivity contribution in [2.45, 2.75) is 20.3 Å². The molecule has 5 nitrogen and oxygen atoms in total. The number of hydrogen-bond acceptors (Lipinski definition) is 5. The van der Waals surface area contributed by atoms with Crippen LogP contribution < -0.4 is 5.32 Å². The van der Waals surface area contributed by atoms with Crippen LogP contribution in [0.2, 0.25) is 0 Å². The van der Waals surface area contributed by atoms with Crippen LogP contribution in [0.4, 0.5) is 5.13 Å². The number of nitrogens with one attached hydrogen (secondary N) is 1. The molecule has 2 aromatic heterocycles. The highest BCUT2D eigenvalue weighted by atomic mass is 32.1. The summed E-state index contributed by atoms with van der Waals surface area (Å²) in [6, 6.07) is 13.5. The highest BCUT2D eigenvalue weighted by Crippen LogP contribution is 2.20. The van der Waals surface area contributed by atoms with Gasteiger partial charge in [-0.1, -0.05) is 48.6 Å². The normalized spacial score (nSPS) is 10.5. The molecule has 3 rings (SSSR count). The van der Waals surface area contributed by atoms with Gasteiger partial charge in [-0.25, -0.2) is 0 Å². The maximum atomic E-state index is 12.4. The fourth-order valence-corrected chi connectivity index (χ4v) is 2.86. The Morgan fingerprint density at radius 3 is 2.57 bits per heavy atom. The van der Waals surface area contributed by atoms with Gasteiger partial charge < -0.3 is 0 Å². The third-order valence-electron chi connectivity index (χ3n) is 3.39. The molecule has 23 heavy (non-hydrogen) atoms. The van der Waals surface area contributed by atoms with E-state index in [-0.39, 0.29) is 5.91 Å². The number of carbonyl (C=O) groups is 1. The Morgan fingerprint density at radius 1 is 1.13 bits per heavy atom. The zero-order chi connectivity index (χ0) is 16.2. The molecule has 0 radical (unpaired) electrons. The number of carbonyl (C=O) groups excluding carboxylic acids is 1. The number of benzene rings is 1. The Balaban J connectivity index is 1.81. The van der Waals surface area contributed by atoms with Crippen LogP contribution in [0.3, 0.4) is 0 Å². The van der Waals surface area contributed by atoms with E-state index in [0.29, 0.717) is 16.4 Å². The molecule has 1 aromatic carbocycles. The number of nitrogens with zero attached hydrogens (tertiary/aromatic N) is 3. The highest BCUT2D eigenvalue weighted by Gasteiger charge is 2.13. The van der Waals surface area contributed by atoms with Gasteiger partial charge in [-0.15, -0.1) is 10.2 Å². The molecule has 0 fully saturated rings. The van der Waals surface area contributed by atoms with Crippen molar-refractivity contribution in [3.63, 3.8) is 0 Å². The maximum absolute atomic E-state index is 12.4. The lowest BCUT2D eigenvalue weighted by atomic mass is 10.1. The molecule has 0 spiro atoms. The zero-order valence-electron chi connectivity index (χ0n) is 12.9. The molecule has 0 saturated carbocycles. The van der Waals surface area contributed by atoms with E-state index in [9.17, 15) is 4.79 Å². The van der Waals surface area contributed by atoms with E-state index in [1.54, 1.807) is 6.07 Å². The Labute approximate surface area is 138 Å². The van der Waals surface area contributed by atoms with Gasteiger partial charge in [0.05, 0.1) is 17.0 Å². The maximum Gasteiger partial charge on any atom is 0.259 e. The van der Waals surface area contributed by atoms with Crippen LogP contribution in [-0.2, 0) is 6.42 Å². The van der Waals surface area contributed by atoms with Crippen LogP contribution in [0.1, 0.15) is 28.0 Å². The van der Waals surface area contributed by atoms with E-state index in [4.69, 9.17) is 0 Å². The van der Waals surface area contributed by atoms with E-state index in [2.05, 4.69) is 20.5 Å². The van der Waals surface area contributed by atoms with Crippen LogP contribution in [0.15, 0.2) is 42.5 Å². The van der Waals surface area contributed by atoms with Crippen molar-refractivity contribution in [1.82, 2.24) is 15.2 Å². The largest absolute Gasteiger partial charge is 0.296 e. The van der Waals surface area contributed by atoms with E-state index in [0.717, 1.165) is 22.7 Å². The fraction of sp³-hybridized carbons (Fsp3) is 0.176. The molecule has 116 valence electrons. The van der Waals surface area contributed by atoms with Crippen molar-refractivity contribution < 1.29 is 4.79 Å². The van der Waals surface area contributed by atoms with Gasteiger partial charge in [0.2, 0.25) is 5.13 Å². The Kier molecular flexibility index (Phi) is 4.43. The van der Waals surface area contributed by atoms with Gasteiger partial charge in [0.1, 0.15) is 5.01 Å². The second-order valence-corrected chi connectivity index (χ2v) is 6.07. The standard InChI is InChI=1S/C17H16N4OS/c1-3-15-20-21-17(23-15)19-16(22)13-9-10-14(18-11(13)2)12-7-5-4-6-8-12/h4-10H,3H2,1-2H3,(H,19,21,22). The number of hydrogen-bond donors (Lipinski definition) is 1. The number of aromatic nitrogens is 3. The molecular formula is C17H16N4OS. The number of pyridine rings is 1. The Bertz CT molecular complexity index is 830. The van der Waals surface area contributed by atoms with Crippen molar-refractivity contribution in [3.05, 3.63) is 58.7 Å². The molecule has 1 N–H and O–H groups in total. The first-order valence-corrected chi connectivity index (χ1v) is 8.16. The zero-order valence-corrected chi connectivity index (χ0v) is 13.7. The summed E-state index contributed by atoms with van der Waals surface area (Å²) in [5.74, 6) is -0.214. The van der Waals surface area contributed by atoms with Crippen molar-refractivity contribution >= 4 is 22.4 Å². The third-order valence-corrected chi connectivity index (χ3v) is 4.37. The van der Waals surface area contributed by atoms with E-state index < -0.39 is 0 Å². The van der Waals surface area contributed by atoms with E-state index in [1.807, 2.05) is 50.2 Å². The highest BCUT2D eigenvalue weighted by molar-refractivity contribution is 7.15. The predicted octanol–water partition coefficient (Wildman–Crippen LogP) is 3.72. The van der Waals surface area contributed by atoms with Crippen LogP contribution in [0.5, 0.6) is 0 Å². The molecule has 0 bridgehead atoms. The van der Waals surface area contributed by atoms with Gasteiger partial charge in [0.25, 0.3) is 5.91 Å². The first-order valence-electron chi connectivity index (χ1n) is 7.34. The summed E-state index contributed by atoms with van der Waals surface area (Å²) in [6.07, 6.45) is 0.805. The van der Waals surface area contributed by atoms with Gasteiger partial charge in [0, 0.05) is 5.56 Å². The van der Waals surface area contributed by atoms with Crippen LogP contribution in [-0.4, -0.2) is 21.1 Å². The Morgan fingerprint density at radius 2 is 1.91 bits per heavy atom. The lowest BCUT2D eigenvalue weighted by molar-refractivity contribution is 0.102. The minimum Gasteiger partial charge on any atom is -0.296 e. The average Bonchev–Trinajstić information content (AvgIpc) is 3.03. The minimum absolute atomic E-state index is 0.214. The second kappa shape index (κ2) is 6.66. The molecule has 6 heteroatoms. The topological polar surface area (TPSA) is 67.8 Å². The van der Waals surface area contributed by atoms with Crippen molar-refractivity contribution in [2.24, 2.45) is 0 Å². The molecule has 0 aliphatic carbocycles. The van der Waals surface area contributed by atoms with Gasteiger partial charge in [-0.3, -0.25) is 15.1 Å². The van der Waals surface area contributed by atoms with Gasteiger partial charge >= 0.3 is 0 Å². The van der Waals surface area contributed by atoms with Gasteiger partial charge in [-0.05, 0) is 25.5 Å². The first kappa shape index (κ1) is 15.3. The molecular weight excluding hydrogens is 308 g/mol. The molecule has 0 saturated heterocycles. The molecule has 2 heterocycles. The van der Waals surface area contributed by atoms with Crippen LogP contribution in [0.25, 0.3) is 11.3 Å². The summed E-state index contributed by atoms with van der Waals surface area (Å²) in [7, 11) is 0. The number of rotatable bonds is 4. The van der Waals surface area contributed by atoms with Crippen LogP contribution in [0, 0.1) is 6.92 Å². The molecule has 0 atom stereocenters. The van der Waals surface area contributed by atoms with Crippen molar-refractivity contribution in [3.8, 4) is 11.3 Å². The lowest BCUT2D eigenvalue weighted by Gasteiger charge is -2.07. The van der Waals surface area contributed by atoms with E-state index in [1.165, 1.54) is 11.3 Å². The lowest BCUT2D eigenvalue weighted by Crippen LogP contribution is -2.14. The number of aryl methyl sites for hydroxylation is 2. The summed E-state index contributed by atoms with van der Waals surface area (Å²) in [4.78, 5) is 16.9. The first-order chi connectivity index (χ1) is 11.2. The monoisotopic (exact) mass is 324 g/mol. The third kappa shape index (κ3) is 3.43.